The first-order valence-corrected chi connectivity index (χ1v) is 10.6. The molecule has 0 unspecified atom stereocenters. The van der Waals surface area contributed by atoms with Crippen LogP contribution in [0.4, 0.5) is 5.95 Å². The molecule has 2 fully saturated rings. The van der Waals surface area contributed by atoms with Crippen LogP contribution in [0.3, 0.4) is 0 Å². The Morgan fingerprint density at radius 3 is 2.57 bits per heavy atom. The quantitative estimate of drug-likeness (QED) is 0.672. The van der Waals surface area contributed by atoms with Crippen LogP contribution in [-0.4, -0.2) is 48.2 Å². The van der Waals surface area contributed by atoms with Gasteiger partial charge in [-0.2, -0.15) is 5.10 Å². The molecule has 0 spiro atoms. The summed E-state index contributed by atoms with van der Waals surface area (Å²) >= 11 is 0. The summed E-state index contributed by atoms with van der Waals surface area (Å²) in [7, 11) is 1.87. The average molecular weight is 406 g/mol. The van der Waals surface area contributed by atoms with Gasteiger partial charge in [0.05, 0.1) is 12.4 Å². The first kappa shape index (κ1) is 19.0. The predicted molar refractivity (Wildman–Crippen MR) is 115 cm³/mol. The second-order valence-corrected chi connectivity index (χ2v) is 8.50. The minimum Gasteiger partial charge on any atom is -0.507 e. The number of hydrogen-bond acceptors (Lipinski definition) is 7. The number of phenolic OH excluding ortho intramolecular Hbond substituents is 1. The van der Waals surface area contributed by atoms with E-state index < -0.39 is 0 Å². The van der Waals surface area contributed by atoms with Gasteiger partial charge in [0.25, 0.3) is 0 Å². The summed E-state index contributed by atoms with van der Waals surface area (Å²) in [6, 6.07) is 6.67. The molecule has 2 aromatic heterocycles. The normalized spacial score (nSPS) is 21.5. The van der Waals surface area contributed by atoms with Crippen molar-refractivity contribution in [1.29, 1.82) is 0 Å². The van der Waals surface area contributed by atoms with Crippen molar-refractivity contribution < 1.29 is 5.11 Å². The highest BCUT2D eigenvalue weighted by Gasteiger charge is 2.37. The summed E-state index contributed by atoms with van der Waals surface area (Å²) in [6.45, 7) is 0. The lowest BCUT2D eigenvalue weighted by Crippen LogP contribution is -2.44. The molecular weight excluding hydrogens is 378 g/mol. The maximum Gasteiger partial charge on any atom is 0.245 e. The van der Waals surface area contributed by atoms with Crippen molar-refractivity contribution in [3.05, 3.63) is 36.8 Å². The molecule has 0 aliphatic heterocycles. The molecule has 1 aromatic carbocycles. The van der Waals surface area contributed by atoms with Crippen molar-refractivity contribution in [3.8, 4) is 28.1 Å². The molecule has 0 bridgehead atoms. The van der Waals surface area contributed by atoms with Crippen LogP contribution in [0.15, 0.2) is 36.8 Å². The van der Waals surface area contributed by atoms with Crippen LogP contribution in [0.1, 0.15) is 38.5 Å². The molecular formula is C22H27N7O. The molecule has 5 rings (SSSR count). The fourth-order valence-electron chi connectivity index (χ4n) is 4.44. The van der Waals surface area contributed by atoms with Crippen molar-refractivity contribution in [3.63, 3.8) is 0 Å². The van der Waals surface area contributed by atoms with Gasteiger partial charge in [-0.1, -0.05) is 6.07 Å². The van der Waals surface area contributed by atoms with Crippen molar-refractivity contribution in [1.82, 2.24) is 25.0 Å². The maximum absolute atomic E-state index is 10.6. The average Bonchev–Trinajstić information content (AvgIpc) is 3.48. The lowest BCUT2D eigenvalue weighted by Gasteiger charge is -2.36. The van der Waals surface area contributed by atoms with Gasteiger partial charge < -0.3 is 15.7 Å². The number of anilines is 1. The first-order chi connectivity index (χ1) is 14.6. The molecule has 2 aliphatic carbocycles. The van der Waals surface area contributed by atoms with Crippen molar-refractivity contribution in [2.45, 2.75) is 56.7 Å². The minimum atomic E-state index is 0.150. The molecule has 0 amide bonds. The van der Waals surface area contributed by atoms with Crippen LogP contribution in [0.25, 0.3) is 22.4 Å². The van der Waals surface area contributed by atoms with Gasteiger partial charge in [-0.3, -0.25) is 4.68 Å². The number of hydrogen-bond donors (Lipinski definition) is 2. The number of nitrogens with two attached hydrogens (primary N) is 1. The number of benzene rings is 1. The van der Waals surface area contributed by atoms with Gasteiger partial charge in [-0.25, -0.2) is 4.98 Å². The third-order valence-corrected chi connectivity index (χ3v) is 6.11. The summed E-state index contributed by atoms with van der Waals surface area (Å²) in [4.78, 5) is 6.96. The Labute approximate surface area is 175 Å². The molecule has 30 heavy (non-hydrogen) atoms. The SMILES string of the molecule is Cn1cc(-c2ccc(-c3cnc(N(C4CC4)[C@H]4CCC[C@@H](N)C4)nn3)c(O)c2)cn1. The molecule has 2 heterocycles. The van der Waals surface area contributed by atoms with E-state index in [9.17, 15) is 5.11 Å². The molecule has 2 aliphatic rings. The number of aromatic nitrogens is 5. The predicted octanol–water partition coefficient (Wildman–Crippen LogP) is 2.88. The third-order valence-electron chi connectivity index (χ3n) is 6.11. The van der Waals surface area contributed by atoms with E-state index in [-0.39, 0.29) is 11.8 Å². The number of aromatic hydroxyl groups is 1. The van der Waals surface area contributed by atoms with Gasteiger partial charge in [-0.05, 0) is 56.2 Å². The van der Waals surface area contributed by atoms with Crippen molar-refractivity contribution >= 4 is 5.95 Å². The van der Waals surface area contributed by atoms with Gasteiger partial charge in [-0.15, -0.1) is 10.2 Å². The summed E-state index contributed by atoms with van der Waals surface area (Å²) in [5.41, 5.74) is 9.24. The number of rotatable bonds is 5. The van der Waals surface area contributed by atoms with Gasteiger partial charge in [0.15, 0.2) is 0 Å². The topological polar surface area (TPSA) is 106 Å². The van der Waals surface area contributed by atoms with E-state index in [4.69, 9.17) is 5.73 Å². The molecule has 8 heteroatoms. The van der Waals surface area contributed by atoms with E-state index in [1.54, 1.807) is 23.1 Å². The summed E-state index contributed by atoms with van der Waals surface area (Å²) in [5.74, 6) is 0.823. The highest BCUT2D eigenvalue weighted by Crippen LogP contribution is 2.36. The minimum absolute atomic E-state index is 0.150. The van der Waals surface area contributed by atoms with E-state index in [0.29, 0.717) is 29.3 Å². The lowest BCUT2D eigenvalue weighted by atomic mass is 9.90. The Morgan fingerprint density at radius 1 is 1.07 bits per heavy atom. The molecule has 2 saturated carbocycles. The van der Waals surface area contributed by atoms with Gasteiger partial charge in [0.1, 0.15) is 11.4 Å². The summed E-state index contributed by atoms with van der Waals surface area (Å²) < 4.78 is 1.74. The van der Waals surface area contributed by atoms with Crippen molar-refractivity contribution in [2.24, 2.45) is 12.8 Å². The van der Waals surface area contributed by atoms with Crippen LogP contribution in [0.2, 0.25) is 0 Å². The van der Waals surface area contributed by atoms with E-state index >= 15 is 0 Å². The third kappa shape index (κ3) is 3.75. The van der Waals surface area contributed by atoms with E-state index in [1.165, 1.54) is 12.8 Å². The second kappa shape index (κ2) is 7.68. The second-order valence-electron chi connectivity index (χ2n) is 8.50. The van der Waals surface area contributed by atoms with Crippen LogP contribution < -0.4 is 10.6 Å². The van der Waals surface area contributed by atoms with Crippen LogP contribution in [0.5, 0.6) is 5.75 Å². The summed E-state index contributed by atoms with van der Waals surface area (Å²) in [6.07, 6.45) is 12.1. The molecule has 3 aromatic rings. The zero-order chi connectivity index (χ0) is 20.7. The number of phenols is 1. The number of nitrogens with zero attached hydrogens (tertiary/aromatic N) is 6. The van der Waals surface area contributed by atoms with Crippen LogP contribution in [-0.2, 0) is 7.05 Å². The Hall–Kier alpha value is -3.00. The largest absolute Gasteiger partial charge is 0.507 e. The van der Waals surface area contributed by atoms with Crippen LogP contribution >= 0.6 is 0 Å². The molecule has 2 atom stereocenters. The number of aryl methyl sites for hydroxylation is 1. The van der Waals surface area contributed by atoms with E-state index in [2.05, 4.69) is 25.2 Å². The molecule has 3 N–H and O–H groups in total. The van der Waals surface area contributed by atoms with Crippen LogP contribution in [0, 0.1) is 0 Å². The standard InChI is InChI=1S/C22H27N7O/c1-28-13-15(11-25-28)14-5-8-19(21(30)9-14)20-12-24-22(27-26-20)29(17-6-7-17)18-4-2-3-16(23)10-18/h5,8-9,11-13,16-18,30H,2-4,6-7,10,23H2,1H3/t16-,18+/m1/s1. The smallest absolute Gasteiger partial charge is 0.245 e. The zero-order valence-electron chi connectivity index (χ0n) is 17.1. The fraction of sp³-hybridized carbons (Fsp3) is 0.455. The Balaban J connectivity index is 1.39. The monoisotopic (exact) mass is 405 g/mol. The molecule has 156 valence electrons. The first-order valence-electron chi connectivity index (χ1n) is 10.6. The molecule has 0 saturated heterocycles. The molecule has 8 nitrogen and oxygen atoms in total. The highest BCUT2D eigenvalue weighted by atomic mass is 16.3. The van der Waals surface area contributed by atoms with Crippen molar-refractivity contribution in [2.75, 3.05) is 4.90 Å². The fourth-order valence-corrected chi connectivity index (χ4v) is 4.44. The molecule has 0 radical (unpaired) electrons. The lowest BCUT2D eigenvalue weighted by molar-refractivity contribution is 0.367. The highest BCUT2D eigenvalue weighted by molar-refractivity contribution is 5.73. The Morgan fingerprint density at radius 2 is 1.93 bits per heavy atom. The summed E-state index contributed by atoms with van der Waals surface area (Å²) in [5, 5.41) is 23.6. The van der Waals surface area contributed by atoms with E-state index in [0.717, 1.165) is 36.8 Å². The zero-order valence-corrected chi connectivity index (χ0v) is 17.1. The van der Waals surface area contributed by atoms with E-state index in [1.807, 2.05) is 25.4 Å². The van der Waals surface area contributed by atoms with Gasteiger partial charge in [0, 0.05) is 42.5 Å². The Bertz CT molecular complexity index is 1030. The maximum atomic E-state index is 10.6. The Kier molecular flexibility index (Phi) is 4.86. The van der Waals surface area contributed by atoms with Gasteiger partial charge in [0.2, 0.25) is 5.95 Å². The van der Waals surface area contributed by atoms with Gasteiger partial charge >= 0.3 is 0 Å².